The van der Waals surface area contributed by atoms with Gasteiger partial charge in [-0.15, -0.1) is 0 Å². The Kier molecular flexibility index (Phi) is 8.67. The molecule has 0 saturated heterocycles. The number of nitrogens with two attached hydrogens (primary N) is 1. The number of aromatic amines is 1. The van der Waals surface area contributed by atoms with Gasteiger partial charge in [-0.05, 0) is 31.7 Å². The van der Waals surface area contributed by atoms with Crippen molar-refractivity contribution >= 4 is 17.2 Å². The molecule has 5 N–H and O–H groups in total. The van der Waals surface area contributed by atoms with Gasteiger partial charge in [0.25, 0.3) is 0 Å². The second-order valence-corrected chi connectivity index (χ2v) is 6.95. The second kappa shape index (κ2) is 11.2. The molecule has 0 amide bonds. The van der Waals surface area contributed by atoms with Gasteiger partial charge in [-0.3, -0.25) is 4.79 Å². The Bertz CT molecular complexity index is 844. The first-order valence-corrected chi connectivity index (χ1v) is 10.1. The summed E-state index contributed by atoms with van der Waals surface area (Å²) in [6, 6.07) is 5.34. The molecule has 0 aliphatic rings. The molecular formula is C21H32N6O2. The second-order valence-electron chi connectivity index (χ2n) is 6.95. The Morgan fingerprint density at radius 2 is 2.17 bits per heavy atom. The third-order valence-electron chi connectivity index (χ3n) is 4.74. The molecule has 0 aromatic carbocycles. The van der Waals surface area contributed by atoms with Crippen molar-refractivity contribution in [2.75, 3.05) is 23.4 Å². The van der Waals surface area contributed by atoms with Crippen molar-refractivity contribution in [3.05, 3.63) is 52.3 Å². The van der Waals surface area contributed by atoms with Crippen LogP contribution in [0.3, 0.4) is 0 Å². The number of hydrogen-bond donors (Lipinski definition) is 4. The Labute approximate surface area is 171 Å². The molecule has 29 heavy (non-hydrogen) atoms. The summed E-state index contributed by atoms with van der Waals surface area (Å²) in [7, 11) is 0. The van der Waals surface area contributed by atoms with Gasteiger partial charge < -0.3 is 26.0 Å². The largest absolute Gasteiger partial charge is 0.404 e. The molecule has 0 saturated carbocycles. The Morgan fingerprint density at radius 3 is 2.76 bits per heavy atom. The highest BCUT2D eigenvalue weighted by Crippen LogP contribution is 2.24. The minimum Gasteiger partial charge on any atom is -0.404 e. The van der Waals surface area contributed by atoms with Crippen LogP contribution in [0.2, 0.25) is 0 Å². The molecule has 0 fully saturated rings. The average Bonchev–Trinajstić information content (AvgIpc) is 2.72. The lowest BCUT2D eigenvalue weighted by Gasteiger charge is -2.30. The molecule has 8 nitrogen and oxygen atoms in total. The van der Waals surface area contributed by atoms with Gasteiger partial charge in [-0.2, -0.15) is 0 Å². The quantitative estimate of drug-likeness (QED) is 0.457. The summed E-state index contributed by atoms with van der Waals surface area (Å²) in [5.74, 6) is 2.07. The number of nitrogens with one attached hydrogen (secondary N) is 2. The number of aliphatic hydroxyl groups excluding tert-OH is 1. The minimum absolute atomic E-state index is 0.125. The maximum atomic E-state index is 11.2. The fraction of sp³-hybridized carbons (Fsp3) is 0.476. The average molecular weight is 401 g/mol. The van der Waals surface area contributed by atoms with E-state index in [1.54, 1.807) is 18.5 Å². The number of aromatic nitrogens is 3. The molecule has 8 heteroatoms. The molecule has 2 aromatic heterocycles. The lowest BCUT2D eigenvalue weighted by molar-refractivity contribution is 0.276. The molecule has 0 radical (unpaired) electrons. The SMILES string of the molecule is CCCN(c1cc(NCc2ccc(=O)[nH]c2)nc(/C(=C\N)CC)n1)C(C)CCO. The Morgan fingerprint density at radius 1 is 1.38 bits per heavy atom. The van der Waals surface area contributed by atoms with Crippen molar-refractivity contribution in [2.24, 2.45) is 5.73 Å². The van der Waals surface area contributed by atoms with Crippen molar-refractivity contribution < 1.29 is 5.11 Å². The van der Waals surface area contributed by atoms with Gasteiger partial charge in [-0.25, -0.2) is 9.97 Å². The summed E-state index contributed by atoms with van der Waals surface area (Å²) in [5, 5.41) is 12.7. The van der Waals surface area contributed by atoms with Gasteiger partial charge in [0.15, 0.2) is 5.82 Å². The number of anilines is 2. The van der Waals surface area contributed by atoms with Crippen LogP contribution in [0.25, 0.3) is 5.57 Å². The Hall–Kier alpha value is -2.87. The van der Waals surface area contributed by atoms with Gasteiger partial charge in [0.05, 0.1) is 0 Å². The third-order valence-corrected chi connectivity index (χ3v) is 4.74. The van der Waals surface area contributed by atoms with E-state index in [2.05, 4.69) is 34.0 Å². The predicted octanol–water partition coefficient (Wildman–Crippen LogP) is 2.47. The van der Waals surface area contributed by atoms with Crippen molar-refractivity contribution in [2.45, 2.75) is 52.6 Å². The van der Waals surface area contributed by atoms with E-state index < -0.39 is 0 Å². The number of nitrogens with zero attached hydrogens (tertiary/aromatic N) is 3. The van der Waals surface area contributed by atoms with Gasteiger partial charge in [0.2, 0.25) is 5.56 Å². The summed E-state index contributed by atoms with van der Waals surface area (Å²) < 4.78 is 0. The highest BCUT2D eigenvalue weighted by Gasteiger charge is 2.18. The molecule has 0 aliphatic heterocycles. The summed E-state index contributed by atoms with van der Waals surface area (Å²) in [5.41, 5.74) is 7.47. The lowest BCUT2D eigenvalue weighted by atomic mass is 10.2. The third kappa shape index (κ3) is 6.32. The van der Waals surface area contributed by atoms with Crippen LogP contribution in [-0.2, 0) is 6.54 Å². The monoisotopic (exact) mass is 400 g/mol. The number of allylic oxidation sites excluding steroid dienone is 1. The number of aliphatic hydroxyl groups is 1. The topological polar surface area (TPSA) is 120 Å². The highest BCUT2D eigenvalue weighted by atomic mass is 16.3. The molecule has 2 rings (SSSR count). The molecule has 1 unspecified atom stereocenters. The summed E-state index contributed by atoms with van der Waals surface area (Å²) in [4.78, 5) is 25.5. The van der Waals surface area contributed by atoms with E-state index in [0.717, 1.165) is 36.3 Å². The van der Waals surface area contributed by atoms with E-state index in [4.69, 9.17) is 10.7 Å². The molecule has 158 valence electrons. The minimum atomic E-state index is -0.130. The van der Waals surface area contributed by atoms with E-state index in [9.17, 15) is 9.90 Å². The molecular weight excluding hydrogens is 368 g/mol. The maximum Gasteiger partial charge on any atom is 0.247 e. The number of rotatable bonds is 11. The first kappa shape index (κ1) is 22.4. The van der Waals surface area contributed by atoms with Crippen LogP contribution in [0.4, 0.5) is 11.6 Å². The van der Waals surface area contributed by atoms with Gasteiger partial charge in [0.1, 0.15) is 11.6 Å². The van der Waals surface area contributed by atoms with Crippen LogP contribution in [-0.4, -0.2) is 39.3 Å². The maximum absolute atomic E-state index is 11.2. The van der Waals surface area contributed by atoms with E-state index in [1.807, 2.05) is 13.0 Å². The normalized spacial score (nSPS) is 12.6. The van der Waals surface area contributed by atoms with E-state index in [-0.39, 0.29) is 18.2 Å². The van der Waals surface area contributed by atoms with Crippen LogP contribution < -0.4 is 21.5 Å². The Balaban J connectivity index is 2.38. The zero-order chi connectivity index (χ0) is 21.2. The van der Waals surface area contributed by atoms with Crippen LogP contribution in [0.5, 0.6) is 0 Å². The first-order valence-electron chi connectivity index (χ1n) is 10.1. The summed E-state index contributed by atoms with van der Waals surface area (Å²) >= 11 is 0. The van der Waals surface area contributed by atoms with Crippen molar-refractivity contribution in [1.82, 2.24) is 15.0 Å². The van der Waals surface area contributed by atoms with E-state index in [1.165, 1.54) is 6.07 Å². The standard InChI is InChI=1S/C21H32N6O2/c1-4-9-27(15(3)8-10-28)19-11-18(25-21(26-19)17(5-2)12-22)23-13-16-6-7-20(29)24-14-16/h6-7,11-12,14-15,28H,4-5,8-10,13,22H2,1-3H3,(H,24,29)(H,23,25,26)/b17-12-. The van der Waals surface area contributed by atoms with Crippen molar-refractivity contribution in [1.29, 1.82) is 0 Å². The van der Waals surface area contributed by atoms with Crippen LogP contribution in [0, 0.1) is 0 Å². The van der Waals surface area contributed by atoms with Crippen LogP contribution >= 0.6 is 0 Å². The molecule has 0 aliphatic carbocycles. The number of pyridine rings is 1. The van der Waals surface area contributed by atoms with Crippen LogP contribution in [0.15, 0.2) is 35.4 Å². The summed E-state index contributed by atoms with van der Waals surface area (Å²) in [6.07, 6.45) is 5.57. The molecule has 2 heterocycles. The lowest BCUT2D eigenvalue weighted by Crippen LogP contribution is -2.35. The van der Waals surface area contributed by atoms with Crippen molar-refractivity contribution in [3.63, 3.8) is 0 Å². The zero-order valence-corrected chi connectivity index (χ0v) is 17.5. The molecule has 1 atom stereocenters. The first-order chi connectivity index (χ1) is 14.0. The van der Waals surface area contributed by atoms with Crippen molar-refractivity contribution in [3.8, 4) is 0 Å². The fourth-order valence-electron chi connectivity index (χ4n) is 3.06. The highest BCUT2D eigenvalue weighted by molar-refractivity contribution is 5.63. The van der Waals surface area contributed by atoms with E-state index in [0.29, 0.717) is 24.6 Å². The molecule has 2 aromatic rings. The van der Waals surface area contributed by atoms with E-state index >= 15 is 0 Å². The van der Waals surface area contributed by atoms with Gasteiger partial charge in [0, 0.05) is 55.8 Å². The number of hydrogen-bond acceptors (Lipinski definition) is 7. The summed E-state index contributed by atoms with van der Waals surface area (Å²) in [6.45, 7) is 7.68. The fourth-order valence-corrected chi connectivity index (χ4v) is 3.06. The number of H-pyrrole nitrogens is 1. The smallest absolute Gasteiger partial charge is 0.247 e. The van der Waals surface area contributed by atoms with Crippen LogP contribution in [0.1, 0.15) is 51.4 Å². The van der Waals surface area contributed by atoms with Gasteiger partial charge in [-0.1, -0.05) is 19.9 Å². The van der Waals surface area contributed by atoms with Gasteiger partial charge >= 0.3 is 0 Å². The molecule has 0 spiro atoms. The zero-order valence-electron chi connectivity index (χ0n) is 17.5. The predicted molar refractivity (Wildman–Crippen MR) is 118 cm³/mol. The molecule has 0 bridgehead atoms.